The molecule has 0 saturated carbocycles. The summed E-state index contributed by atoms with van der Waals surface area (Å²) in [7, 11) is 0. The van der Waals surface area contributed by atoms with Crippen LogP contribution < -0.4 is 15.5 Å². The van der Waals surface area contributed by atoms with Gasteiger partial charge in [0, 0.05) is 44.4 Å². The number of β-amino-alcohol motifs (C(OH)–C–C–N with tert-alkyl or cyclic N) is 1. The Morgan fingerprint density at radius 1 is 1.14 bits per heavy atom. The van der Waals surface area contributed by atoms with Gasteiger partial charge in [-0.1, -0.05) is 32.9 Å². The van der Waals surface area contributed by atoms with Crippen molar-refractivity contribution in [3.63, 3.8) is 0 Å². The van der Waals surface area contributed by atoms with Crippen molar-refractivity contribution in [2.24, 2.45) is 5.41 Å². The number of anilines is 1. The molecule has 1 aliphatic heterocycles. The Bertz CT molecular complexity index is 1020. The molecule has 0 bridgehead atoms. The van der Waals surface area contributed by atoms with Crippen molar-refractivity contribution in [2.75, 3.05) is 31.1 Å². The molecular formula is C28H39F2N3O3. The number of amides is 1. The number of nitrogens with zero attached hydrogens (tertiary/aromatic N) is 1. The van der Waals surface area contributed by atoms with Gasteiger partial charge in [0.15, 0.2) is 0 Å². The maximum absolute atomic E-state index is 13.7. The second kappa shape index (κ2) is 12.1. The highest BCUT2D eigenvalue weighted by molar-refractivity contribution is 5.73. The average molecular weight is 504 g/mol. The van der Waals surface area contributed by atoms with Gasteiger partial charge in [-0.05, 0) is 59.6 Å². The minimum Gasteiger partial charge on any atom is -0.395 e. The van der Waals surface area contributed by atoms with Crippen LogP contribution in [0.1, 0.15) is 56.8 Å². The van der Waals surface area contributed by atoms with Crippen LogP contribution in [0.2, 0.25) is 0 Å². The molecule has 0 fully saturated rings. The minimum absolute atomic E-state index is 0.0193. The third-order valence-corrected chi connectivity index (χ3v) is 6.40. The van der Waals surface area contributed by atoms with E-state index in [4.69, 9.17) is 0 Å². The zero-order valence-corrected chi connectivity index (χ0v) is 21.7. The summed E-state index contributed by atoms with van der Waals surface area (Å²) in [5.41, 5.74) is 3.90. The zero-order chi connectivity index (χ0) is 26.5. The summed E-state index contributed by atoms with van der Waals surface area (Å²) in [6.45, 7) is 9.52. The quantitative estimate of drug-likeness (QED) is 0.399. The summed E-state index contributed by atoms with van der Waals surface area (Å²) >= 11 is 0. The summed E-state index contributed by atoms with van der Waals surface area (Å²) in [6, 6.07) is 8.93. The number of carbonyl (C=O) groups excluding carboxylic acids is 1. The molecule has 0 radical (unpaired) electrons. The van der Waals surface area contributed by atoms with E-state index in [1.165, 1.54) is 24.6 Å². The number of hydrogen-bond donors (Lipinski definition) is 4. The molecule has 8 heteroatoms. The van der Waals surface area contributed by atoms with E-state index in [0.717, 1.165) is 36.7 Å². The van der Waals surface area contributed by atoms with Gasteiger partial charge in [-0.3, -0.25) is 4.79 Å². The van der Waals surface area contributed by atoms with Gasteiger partial charge in [0.2, 0.25) is 5.91 Å². The number of carbonyl (C=O) groups is 1. The normalized spacial score (nSPS) is 17.4. The highest BCUT2D eigenvalue weighted by Crippen LogP contribution is 2.35. The molecular weight excluding hydrogens is 464 g/mol. The van der Waals surface area contributed by atoms with Crippen molar-refractivity contribution in [2.45, 2.75) is 65.1 Å². The van der Waals surface area contributed by atoms with Crippen LogP contribution in [0.3, 0.4) is 0 Å². The summed E-state index contributed by atoms with van der Waals surface area (Å²) in [5, 5.41) is 26.7. The number of hydrogen-bond acceptors (Lipinski definition) is 5. The highest BCUT2D eigenvalue weighted by atomic mass is 19.1. The second-order valence-electron chi connectivity index (χ2n) is 10.9. The van der Waals surface area contributed by atoms with Gasteiger partial charge in [-0.2, -0.15) is 0 Å². The van der Waals surface area contributed by atoms with Crippen molar-refractivity contribution in [1.82, 2.24) is 10.6 Å². The highest BCUT2D eigenvalue weighted by Gasteiger charge is 2.28. The van der Waals surface area contributed by atoms with Crippen molar-refractivity contribution in [3.05, 3.63) is 64.7 Å². The Hall–Kier alpha value is -2.55. The van der Waals surface area contributed by atoms with Crippen LogP contribution in [-0.2, 0) is 17.6 Å². The van der Waals surface area contributed by atoms with E-state index >= 15 is 0 Å². The fraction of sp³-hybridized carbons (Fsp3) is 0.536. The number of aliphatic hydroxyl groups is 2. The molecule has 0 saturated heterocycles. The first kappa shape index (κ1) is 28.0. The van der Waals surface area contributed by atoms with Crippen LogP contribution in [0.15, 0.2) is 36.4 Å². The Morgan fingerprint density at radius 3 is 2.44 bits per heavy atom. The van der Waals surface area contributed by atoms with E-state index in [9.17, 15) is 23.8 Å². The lowest BCUT2D eigenvalue weighted by Crippen LogP contribution is -2.49. The van der Waals surface area contributed by atoms with Gasteiger partial charge in [0.05, 0.1) is 18.8 Å². The lowest BCUT2D eigenvalue weighted by Gasteiger charge is -2.37. The van der Waals surface area contributed by atoms with Crippen LogP contribution in [0.5, 0.6) is 0 Å². The van der Waals surface area contributed by atoms with E-state index in [0.29, 0.717) is 12.1 Å². The predicted molar refractivity (Wildman–Crippen MR) is 138 cm³/mol. The van der Waals surface area contributed by atoms with Gasteiger partial charge in [-0.25, -0.2) is 8.78 Å². The molecule has 2 aromatic carbocycles. The average Bonchev–Trinajstić information content (AvgIpc) is 2.76. The largest absolute Gasteiger partial charge is 0.395 e. The standard InChI is InChI=1S/C28H39F2N3O3/c1-18(35)32-25(14-20-11-21(29)15-22(30)12-20)27(36)17-31-24-7-8-33(9-10-34)26-6-5-19(13-23(24)26)16-28(2,3)4/h5-6,11-13,15,24-25,27,31,34,36H,7-10,14,16-17H2,1-4H3,(H,32,35)/t24-,25-,27+/m0/s1. The van der Waals surface area contributed by atoms with E-state index in [2.05, 4.69) is 54.5 Å². The summed E-state index contributed by atoms with van der Waals surface area (Å²) < 4.78 is 27.3. The van der Waals surface area contributed by atoms with Crippen LogP contribution in [0.25, 0.3) is 0 Å². The van der Waals surface area contributed by atoms with Crippen molar-refractivity contribution in [3.8, 4) is 0 Å². The summed E-state index contributed by atoms with van der Waals surface area (Å²) in [6.07, 6.45) is 0.832. The fourth-order valence-corrected chi connectivity index (χ4v) is 4.95. The lowest BCUT2D eigenvalue weighted by molar-refractivity contribution is -0.120. The Balaban J connectivity index is 1.77. The molecule has 3 atom stereocenters. The number of benzene rings is 2. The molecule has 0 aromatic heterocycles. The van der Waals surface area contributed by atoms with Crippen molar-refractivity contribution < 1.29 is 23.8 Å². The zero-order valence-electron chi connectivity index (χ0n) is 21.7. The third kappa shape index (κ3) is 7.98. The Morgan fingerprint density at radius 2 is 1.83 bits per heavy atom. The third-order valence-electron chi connectivity index (χ3n) is 6.40. The first-order chi connectivity index (χ1) is 16.9. The van der Waals surface area contributed by atoms with Gasteiger partial charge in [-0.15, -0.1) is 0 Å². The smallest absolute Gasteiger partial charge is 0.217 e. The molecule has 198 valence electrons. The number of nitrogens with one attached hydrogen (secondary N) is 2. The minimum atomic E-state index is -0.975. The Labute approximate surface area is 212 Å². The summed E-state index contributed by atoms with van der Waals surface area (Å²) in [5.74, 6) is -1.72. The maximum atomic E-state index is 13.7. The van der Waals surface area contributed by atoms with Crippen LogP contribution in [0, 0.1) is 17.0 Å². The Kier molecular flexibility index (Phi) is 9.44. The molecule has 1 amide bonds. The van der Waals surface area contributed by atoms with Crippen molar-refractivity contribution in [1.29, 1.82) is 0 Å². The van der Waals surface area contributed by atoms with E-state index in [1.807, 2.05) is 0 Å². The van der Waals surface area contributed by atoms with E-state index in [-0.39, 0.29) is 36.9 Å². The molecule has 3 rings (SSSR count). The van der Waals surface area contributed by atoms with Gasteiger partial charge >= 0.3 is 0 Å². The molecule has 2 aromatic rings. The molecule has 0 aliphatic carbocycles. The van der Waals surface area contributed by atoms with Gasteiger partial charge in [0.1, 0.15) is 11.6 Å². The second-order valence-corrected chi connectivity index (χ2v) is 10.9. The van der Waals surface area contributed by atoms with Crippen LogP contribution in [-0.4, -0.2) is 54.5 Å². The molecule has 4 N–H and O–H groups in total. The van der Waals surface area contributed by atoms with Gasteiger partial charge in [0.25, 0.3) is 0 Å². The fourth-order valence-electron chi connectivity index (χ4n) is 4.95. The van der Waals surface area contributed by atoms with E-state index in [1.54, 1.807) is 0 Å². The topological polar surface area (TPSA) is 84.8 Å². The number of fused-ring (bicyclic) bond motifs is 1. The first-order valence-electron chi connectivity index (χ1n) is 12.6. The van der Waals surface area contributed by atoms with Crippen LogP contribution in [0.4, 0.5) is 14.5 Å². The summed E-state index contributed by atoms with van der Waals surface area (Å²) in [4.78, 5) is 14.0. The molecule has 0 spiro atoms. The molecule has 0 unspecified atom stereocenters. The SMILES string of the molecule is CC(=O)N[C@@H](Cc1cc(F)cc(F)c1)[C@H](O)CN[C@H]1CCN(CCO)c2ccc(CC(C)(C)C)cc21. The van der Waals surface area contributed by atoms with Crippen LogP contribution >= 0.6 is 0 Å². The number of halogens is 2. The van der Waals surface area contributed by atoms with E-state index < -0.39 is 23.8 Å². The monoisotopic (exact) mass is 503 g/mol. The number of aliphatic hydroxyl groups excluding tert-OH is 2. The maximum Gasteiger partial charge on any atom is 0.217 e. The lowest BCUT2D eigenvalue weighted by atomic mass is 9.85. The number of rotatable bonds is 10. The molecule has 36 heavy (non-hydrogen) atoms. The molecule has 1 aliphatic rings. The predicted octanol–water partition coefficient (Wildman–Crippen LogP) is 3.49. The molecule has 1 heterocycles. The molecule has 6 nitrogen and oxygen atoms in total. The van der Waals surface area contributed by atoms with Gasteiger partial charge < -0.3 is 25.7 Å². The first-order valence-corrected chi connectivity index (χ1v) is 12.6. The van der Waals surface area contributed by atoms with Crippen molar-refractivity contribution >= 4 is 11.6 Å².